The third-order valence-electron chi connectivity index (χ3n) is 3.42. The largest absolute Gasteiger partial charge is 0.493 e. The van der Waals surface area contributed by atoms with E-state index < -0.39 is 10.9 Å². The van der Waals surface area contributed by atoms with Gasteiger partial charge in [-0.05, 0) is 17.5 Å². The number of esters is 1. The highest BCUT2D eigenvalue weighted by atomic mass is 16.6. The predicted molar refractivity (Wildman–Crippen MR) is 84.8 cm³/mol. The number of nitro benzene ring substituents is 1. The number of hydrogen-bond acceptors (Lipinski definition) is 5. The van der Waals surface area contributed by atoms with E-state index in [4.69, 9.17) is 9.47 Å². The molecule has 0 spiro atoms. The molecule has 6 heteroatoms. The highest BCUT2D eigenvalue weighted by molar-refractivity contribution is 5.74. The van der Waals surface area contributed by atoms with Gasteiger partial charge in [0.25, 0.3) is 5.69 Å². The predicted octanol–water partition coefficient (Wildman–Crippen LogP) is 3.70. The molecular weight excluding hydrogens is 298 g/mol. The highest BCUT2D eigenvalue weighted by Crippen LogP contribution is 2.32. The van der Waals surface area contributed by atoms with Crippen molar-refractivity contribution < 1.29 is 19.2 Å². The summed E-state index contributed by atoms with van der Waals surface area (Å²) in [6.07, 6.45) is 0.163. The van der Waals surface area contributed by atoms with Crippen LogP contribution in [0.1, 0.15) is 24.8 Å². The second-order valence-electron chi connectivity index (χ2n) is 5.08. The van der Waals surface area contributed by atoms with Crippen LogP contribution in [0.4, 0.5) is 5.69 Å². The minimum absolute atomic E-state index is 0.0200. The second-order valence-corrected chi connectivity index (χ2v) is 5.08. The molecule has 0 aromatic heterocycles. The number of carbonyl (C=O) groups excluding carboxylic acids is 1. The van der Waals surface area contributed by atoms with Gasteiger partial charge in [-0.15, -0.1) is 0 Å². The molecule has 2 aromatic carbocycles. The molecule has 6 nitrogen and oxygen atoms in total. The fraction of sp³-hybridized carbons (Fsp3) is 0.235. The van der Waals surface area contributed by atoms with E-state index in [2.05, 4.69) is 0 Å². The quantitative estimate of drug-likeness (QED) is 0.351. The maximum Gasteiger partial charge on any atom is 0.311 e. The summed E-state index contributed by atoms with van der Waals surface area (Å²) in [6, 6.07) is 13.5. The van der Waals surface area contributed by atoms with Crippen molar-refractivity contribution in [2.45, 2.75) is 19.3 Å². The van der Waals surface area contributed by atoms with Crippen LogP contribution in [0.2, 0.25) is 0 Å². The molecule has 0 saturated carbocycles. The summed E-state index contributed by atoms with van der Waals surface area (Å²) >= 11 is 0. The summed E-state index contributed by atoms with van der Waals surface area (Å²) in [6.45, 7) is 1.92. The van der Waals surface area contributed by atoms with Gasteiger partial charge in [-0.3, -0.25) is 14.9 Å². The smallest absolute Gasteiger partial charge is 0.311 e. The first kappa shape index (κ1) is 16.5. The number of carbonyl (C=O) groups is 1. The Balaban J connectivity index is 2.10. The van der Waals surface area contributed by atoms with Crippen molar-refractivity contribution in [1.82, 2.24) is 0 Å². The van der Waals surface area contributed by atoms with Crippen LogP contribution >= 0.6 is 0 Å². The zero-order valence-corrected chi connectivity index (χ0v) is 12.9. The molecule has 2 aromatic rings. The van der Waals surface area contributed by atoms with Crippen LogP contribution < -0.4 is 9.47 Å². The molecule has 1 unspecified atom stereocenters. The number of benzene rings is 2. The van der Waals surface area contributed by atoms with Gasteiger partial charge in [0, 0.05) is 6.07 Å². The Morgan fingerprint density at radius 3 is 2.48 bits per heavy atom. The number of hydrogen-bond donors (Lipinski definition) is 0. The van der Waals surface area contributed by atoms with Gasteiger partial charge in [0.05, 0.1) is 24.5 Å². The fourth-order valence-electron chi connectivity index (χ4n) is 2.17. The third kappa shape index (κ3) is 4.29. The molecule has 0 aliphatic heterocycles. The first-order chi connectivity index (χ1) is 11.0. The molecule has 0 N–H and O–H groups in total. The van der Waals surface area contributed by atoms with Gasteiger partial charge in [0.1, 0.15) is 0 Å². The Labute approximate surface area is 133 Å². The molecule has 0 saturated heterocycles. The molecule has 0 aliphatic carbocycles. The Hall–Kier alpha value is -2.89. The SMILES string of the molecule is COc1ccc([N+](=O)[O-])cc1OC(=O)CC(C)c1ccccc1. The van der Waals surface area contributed by atoms with Gasteiger partial charge in [-0.1, -0.05) is 37.3 Å². The molecule has 0 aliphatic rings. The van der Waals surface area contributed by atoms with Crippen LogP contribution in [0.5, 0.6) is 11.5 Å². The number of ether oxygens (including phenoxy) is 2. The second kappa shape index (κ2) is 7.40. The average molecular weight is 315 g/mol. The van der Waals surface area contributed by atoms with Crippen molar-refractivity contribution in [1.29, 1.82) is 0 Å². The van der Waals surface area contributed by atoms with E-state index in [1.54, 1.807) is 0 Å². The van der Waals surface area contributed by atoms with Crippen LogP contribution in [-0.2, 0) is 4.79 Å². The van der Waals surface area contributed by atoms with Gasteiger partial charge in [0.15, 0.2) is 11.5 Å². The molecule has 0 radical (unpaired) electrons. The lowest BCUT2D eigenvalue weighted by atomic mass is 9.98. The summed E-state index contributed by atoms with van der Waals surface area (Å²) in [5, 5.41) is 10.8. The molecule has 0 bridgehead atoms. The van der Waals surface area contributed by atoms with Crippen molar-refractivity contribution in [3.8, 4) is 11.5 Å². The topological polar surface area (TPSA) is 78.7 Å². The van der Waals surface area contributed by atoms with E-state index in [0.29, 0.717) is 0 Å². The van der Waals surface area contributed by atoms with E-state index >= 15 is 0 Å². The first-order valence-corrected chi connectivity index (χ1v) is 7.09. The fourth-order valence-corrected chi connectivity index (χ4v) is 2.17. The number of nitrogens with zero attached hydrogens (tertiary/aromatic N) is 1. The molecule has 120 valence electrons. The zero-order chi connectivity index (χ0) is 16.8. The lowest BCUT2D eigenvalue weighted by molar-refractivity contribution is -0.384. The Morgan fingerprint density at radius 2 is 1.87 bits per heavy atom. The van der Waals surface area contributed by atoms with Crippen LogP contribution in [0.15, 0.2) is 48.5 Å². The third-order valence-corrected chi connectivity index (χ3v) is 3.42. The van der Waals surface area contributed by atoms with Gasteiger partial charge in [-0.25, -0.2) is 0 Å². The van der Waals surface area contributed by atoms with Crippen LogP contribution in [0, 0.1) is 10.1 Å². The van der Waals surface area contributed by atoms with E-state index in [1.165, 1.54) is 25.3 Å². The Kier molecular flexibility index (Phi) is 5.30. The minimum Gasteiger partial charge on any atom is -0.493 e. The maximum absolute atomic E-state index is 12.1. The Bertz CT molecular complexity index is 699. The van der Waals surface area contributed by atoms with Crippen LogP contribution in [0.25, 0.3) is 0 Å². The number of methoxy groups -OCH3 is 1. The van der Waals surface area contributed by atoms with Gasteiger partial charge < -0.3 is 9.47 Å². The van der Waals surface area contributed by atoms with E-state index in [-0.39, 0.29) is 29.5 Å². The Morgan fingerprint density at radius 1 is 1.17 bits per heavy atom. The minimum atomic E-state index is -0.552. The number of rotatable bonds is 6. The van der Waals surface area contributed by atoms with Gasteiger partial charge >= 0.3 is 5.97 Å². The molecule has 0 amide bonds. The van der Waals surface area contributed by atoms with E-state index in [9.17, 15) is 14.9 Å². The molecule has 23 heavy (non-hydrogen) atoms. The summed E-state index contributed by atoms with van der Waals surface area (Å²) in [4.78, 5) is 22.4. The van der Waals surface area contributed by atoms with Gasteiger partial charge in [0.2, 0.25) is 0 Å². The molecule has 0 heterocycles. The number of nitro groups is 1. The van der Waals surface area contributed by atoms with Crippen molar-refractivity contribution in [3.63, 3.8) is 0 Å². The van der Waals surface area contributed by atoms with Crippen LogP contribution in [0.3, 0.4) is 0 Å². The van der Waals surface area contributed by atoms with Crippen molar-refractivity contribution in [2.24, 2.45) is 0 Å². The summed E-state index contributed by atoms with van der Waals surface area (Å²) in [5.41, 5.74) is 0.861. The lowest BCUT2D eigenvalue weighted by Gasteiger charge is -2.12. The average Bonchev–Trinajstić information content (AvgIpc) is 2.55. The maximum atomic E-state index is 12.1. The molecule has 0 fully saturated rings. The summed E-state index contributed by atoms with van der Waals surface area (Å²) in [7, 11) is 1.41. The standard InChI is InChI=1S/C17H17NO5/c1-12(13-6-4-3-5-7-13)10-17(19)23-16-11-14(18(20)21)8-9-15(16)22-2/h3-9,11-12H,10H2,1-2H3. The highest BCUT2D eigenvalue weighted by Gasteiger charge is 2.18. The van der Waals surface area contributed by atoms with Gasteiger partial charge in [-0.2, -0.15) is 0 Å². The lowest BCUT2D eigenvalue weighted by Crippen LogP contribution is -2.12. The van der Waals surface area contributed by atoms with Crippen molar-refractivity contribution in [2.75, 3.05) is 7.11 Å². The van der Waals surface area contributed by atoms with Crippen LogP contribution in [-0.4, -0.2) is 18.0 Å². The normalized spacial score (nSPS) is 11.6. The van der Waals surface area contributed by atoms with E-state index in [0.717, 1.165) is 5.56 Å². The number of non-ortho nitro benzene ring substituents is 1. The first-order valence-electron chi connectivity index (χ1n) is 7.09. The summed E-state index contributed by atoms with van der Waals surface area (Å²) in [5.74, 6) is -0.170. The molecular formula is C17H17NO5. The molecule has 1 atom stereocenters. The summed E-state index contributed by atoms with van der Waals surface area (Å²) < 4.78 is 10.3. The molecule has 2 rings (SSSR count). The monoisotopic (exact) mass is 315 g/mol. The van der Waals surface area contributed by atoms with E-state index in [1.807, 2.05) is 37.3 Å². The van der Waals surface area contributed by atoms with Crippen molar-refractivity contribution in [3.05, 3.63) is 64.2 Å². The zero-order valence-electron chi connectivity index (χ0n) is 12.9. The van der Waals surface area contributed by atoms with Crippen molar-refractivity contribution >= 4 is 11.7 Å².